The Morgan fingerprint density at radius 3 is 2.44 bits per heavy atom. The van der Waals surface area contributed by atoms with Crippen molar-refractivity contribution in [3.8, 4) is 5.75 Å². The van der Waals surface area contributed by atoms with E-state index in [0.717, 1.165) is 38.5 Å². The smallest absolute Gasteiger partial charge is 0.223 e. The fraction of sp³-hybridized carbons (Fsp3) is 0.650. The van der Waals surface area contributed by atoms with Crippen molar-refractivity contribution in [3.05, 3.63) is 29.3 Å². The SMILES string of the molecule is CC(C)(O)C1CCC(NC(=O)C2CC(Oc3ccccc3Cl)C2)CC1. The van der Waals surface area contributed by atoms with E-state index >= 15 is 0 Å². The fourth-order valence-electron chi connectivity index (χ4n) is 3.86. The van der Waals surface area contributed by atoms with Gasteiger partial charge in [-0.3, -0.25) is 4.79 Å². The van der Waals surface area contributed by atoms with Crippen LogP contribution in [0.25, 0.3) is 0 Å². The van der Waals surface area contributed by atoms with Crippen LogP contribution in [0.15, 0.2) is 24.3 Å². The van der Waals surface area contributed by atoms with E-state index in [9.17, 15) is 9.90 Å². The van der Waals surface area contributed by atoms with Crippen LogP contribution in [0.3, 0.4) is 0 Å². The van der Waals surface area contributed by atoms with Crippen LogP contribution in [0.4, 0.5) is 0 Å². The minimum Gasteiger partial charge on any atom is -0.489 e. The van der Waals surface area contributed by atoms with E-state index in [2.05, 4.69) is 5.32 Å². The van der Waals surface area contributed by atoms with E-state index in [-0.39, 0.29) is 24.0 Å². The van der Waals surface area contributed by atoms with Gasteiger partial charge in [-0.1, -0.05) is 23.7 Å². The van der Waals surface area contributed by atoms with Gasteiger partial charge in [0.05, 0.1) is 10.6 Å². The first kappa shape index (κ1) is 18.5. The average Bonchev–Trinajstić information content (AvgIpc) is 2.51. The van der Waals surface area contributed by atoms with Crippen molar-refractivity contribution < 1.29 is 14.6 Å². The molecule has 0 aromatic heterocycles. The van der Waals surface area contributed by atoms with Gasteiger partial charge in [0.2, 0.25) is 5.91 Å². The van der Waals surface area contributed by atoms with Crippen molar-refractivity contribution in [2.24, 2.45) is 11.8 Å². The van der Waals surface area contributed by atoms with Gasteiger partial charge in [-0.15, -0.1) is 0 Å². The van der Waals surface area contributed by atoms with Crippen LogP contribution in [-0.2, 0) is 4.79 Å². The average molecular weight is 366 g/mol. The molecule has 0 radical (unpaired) electrons. The number of rotatable bonds is 5. The van der Waals surface area contributed by atoms with Crippen molar-refractivity contribution >= 4 is 17.5 Å². The number of aliphatic hydroxyl groups is 1. The van der Waals surface area contributed by atoms with Gasteiger partial charge in [-0.05, 0) is 70.4 Å². The summed E-state index contributed by atoms with van der Waals surface area (Å²) < 4.78 is 5.86. The molecule has 0 atom stereocenters. The second-order valence-corrected chi connectivity index (χ2v) is 8.46. The first-order valence-corrected chi connectivity index (χ1v) is 9.64. The minimum atomic E-state index is -0.619. The van der Waals surface area contributed by atoms with Gasteiger partial charge in [-0.25, -0.2) is 0 Å². The summed E-state index contributed by atoms with van der Waals surface area (Å²) in [6.45, 7) is 3.76. The third kappa shape index (κ3) is 4.68. The summed E-state index contributed by atoms with van der Waals surface area (Å²) in [6, 6.07) is 7.68. The molecule has 0 saturated heterocycles. The summed E-state index contributed by atoms with van der Waals surface area (Å²) in [5.74, 6) is 1.21. The Balaban J connectivity index is 1.39. The molecule has 138 valence electrons. The van der Waals surface area contributed by atoms with Crippen molar-refractivity contribution in [3.63, 3.8) is 0 Å². The molecule has 2 aliphatic carbocycles. The molecule has 4 nitrogen and oxygen atoms in total. The number of hydrogen-bond acceptors (Lipinski definition) is 3. The second-order valence-electron chi connectivity index (χ2n) is 8.05. The molecule has 1 amide bonds. The van der Waals surface area contributed by atoms with E-state index < -0.39 is 5.60 Å². The molecule has 2 aliphatic rings. The topological polar surface area (TPSA) is 58.6 Å². The first-order chi connectivity index (χ1) is 11.8. The zero-order valence-electron chi connectivity index (χ0n) is 15.0. The third-order valence-electron chi connectivity index (χ3n) is 5.67. The normalized spacial score (nSPS) is 29.6. The van der Waals surface area contributed by atoms with Crippen LogP contribution in [0, 0.1) is 11.8 Å². The quantitative estimate of drug-likeness (QED) is 0.830. The molecular weight excluding hydrogens is 338 g/mol. The van der Waals surface area contributed by atoms with Gasteiger partial charge in [0.25, 0.3) is 0 Å². The van der Waals surface area contributed by atoms with Crippen molar-refractivity contribution in [2.45, 2.75) is 70.1 Å². The zero-order chi connectivity index (χ0) is 18.0. The maximum atomic E-state index is 12.4. The fourth-order valence-corrected chi connectivity index (χ4v) is 4.04. The van der Waals surface area contributed by atoms with Crippen molar-refractivity contribution in [1.82, 2.24) is 5.32 Å². The summed E-state index contributed by atoms with van der Waals surface area (Å²) in [5, 5.41) is 13.9. The maximum absolute atomic E-state index is 12.4. The highest BCUT2D eigenvalue weighted by molar-refractivity contribution is 6.32. The number of carbonyl (C=O) groups is 1. The molecule has 0 heterocycles. The summed E-state index contributed by atoms with van der Waals surface area (Å²) in [4.78, 5) is 12.4. The number of hydrogen-bond donors (Lipinski definition) is 2. The van der Waals surface area contributed by atoms with Crippen LogP contribution in [0.2, 0.25) is 5.02 Å². The van der Waals surface area contributed by atoms with Gasteiger partial charge in [-0.2, -0.15) is 0 Å². The number of ether oxygens (including phenoxy) is 1. The molecule has 1 aromatic rings. The van der Waals surface area contributed by atoms with E-state index in [0.29, 0.717) is 16.7 Å². The van der Waals surface area contributed by atoms with Crippen LogP contribution in [0.5, 0.6) is 5.75 Å². The number of amides is 1. The molecule has 1 aromatic carbocycles. The molecule has 2 saturated carbocycles. The Hall–Kier alpha value is -1.26. The molecular formula is C20H28ClNO3. The lowest BCUT2D eigenvalue weighted by atomic mass is 9.76. The van der Waals surface area contributed by atoms with Crippen LogP contribution >= 0.6 is 11.6 Å². The molecule has 2 N–H and O–H groups in total. The number of nitrogens with one attached hydrogen (secondary N) is 1. The lowest BCUT2D eigenvalue weighted by Crippen LogP contribution is -2.48. The number of benzene rings is 1. The number of halogens is 1. The molecule has 0 unspecified atom stereocenters. The monoisotopic (exact) mass is 365 g/mol. The summed E-state index contributed by atoms with van der Waals surface area (Å²) >= 11 is 6.10. The number of carbonyl (C=O) groups excluding carboxylic acids is 1. The number of para-hydroxylation sites is 1. The molecule has 0 bridgehead atoms. The minimum absolute atomic E-state index is 0.0412. The van der Waals surface area contributed by atoms with Gasteiger partial charge >= 0.3 is 0 Å². The van der Waals surface area contributed by atoms with Crippen molar-refractivity contribution in [2.75, 3.05) is 0 Å². The molecule has 3 rings (SSSR count). The van der Waals surface area contributed by atoms with Gasteiger partial charge < -0.3 is 15.2 Å². The second kappa shape index (κ2) is 7.55. The van der Waals surface area contributed by atoms with Gasteiger partial charge in [0.15, 0.2) is 0 Å². The van der Waals surface area contributed by atoms with E-state index in [1.807, 2.05) is 38.1 Å². The predicted molar refractivity (Wildman–Crippen MR) is 98.8 cm³/mol. The summed E-state index contributed by atoms with van der Waals surface area (Å²) in [5.41, 5.74) is -0.619. The highest BCUT2D eigenvalue weighted by atomic mass is 35.5. The summed E-state index contributed by atoms with van der Waals surface area (Å²) in [6.07, 6.45) is 5.40. The Bertz CT molecular complexity index is 599. The maximum Gasteiger partial charge on any atom is 0.223 e. The molecule has 0 aliphatic heterocycles. The lowest BCUT2D eigenvalue weighted by Gasteiger charge is -2.38. The third-order valence-corrected chi connectivity index (χ3v) is 5.98. The Kier molecular flexibility index (Phi) is 5.59. The zero-order valence-corrected chi connectivity index (χ0v) is 15.8. The van der Waals surface area contributed by atoms with Crippen LogP contribution in [-0.4, -0.2) is 28.8 Å². The Morgan fingerprint density at radius 1 is 1.20 bits per heavy atom. The summed E-state index contributed by atoms with van der Waals surface area (Å²) in [7, 11) is 0. The van der Waals surface area contributed by atoms with Crippen LogP contribution < -0.4 is 10.1 Å². The molecule has 2 fully saturated rings. The van der Waals surface area contributed by atoms with E-state index in [1.165, 1.54) is 0 Å². The standard InChI is InChI=1S/C20H28ClNO3/c1-20(2,24)14-7-9-15(10-8-14)22-19(23)13-11-16(12-13)25-18-6-4-3-5-17(18)21/h3-6,13-16,24H,7-12H2,1-2H3,(H,22,23). The largest absolute Gasteiger partial charge is 0.489 e. The molecule has 0 spiro atoms. The molecule has 5 heteroatoms. The van der Waals surface area contributed by atoms with Crippen molar-refractivity contribution in [1.29, 1.82) is 0 Å². The van der Waals surface area contributed by atoms with E-state index in [1.54, 1.807) is 0 Å². The lowest BCUT2D eigenvalue weighted by molar-refractivity contribution is -0.131. The first-order valence-electron chi connectivity index (χ1n) is 9.27. The van der Waals surface area contributed by atoms with Gasteiger partial charge in [0, 0.05) is 12.0 Å². The highest BCUT2D eigenvalue weighted by Crippen LogP contribution is 2.36. The van der Waals surface area contributed by atoms with Crippen LogP contribution in [0.1, 0.15) is 52.4 Å². The Morgan fingerprint density at radius 2 is 1.84 bits per heavy atom. The van der Waals surface area contributed by atoms with E-state index in [4.69, 9.17) is 16.3 Å². The van der Waals surface area contributed by atoms with Gasteiger partial charge in [0.1, 0.15) is 11.9 Å². The Labute approximate surface area is 154 Å². The predicted octanol–water partition coefficient (Wildman–Crippen LogP) is 3.94. The molecule has 25 heavy (non-hydrogen) atoms. The highest BCUT2D eigenvalue weighted by Gasteiger charge is 2.38.